The van der Waals surface area contributed by atoms with Gasteiger partial charge >= 0.3 is 0 Å². The second kappa shape index (κ2) is 6.53. The first-order chi connectivity index (χ1) is 8.81. The van der Waals surface area contributed by atoms with E-state index in [1.807, 2.05) is 30.3 Å². The van der Waals surface area contributed by atoms with Gasteiger partial charge in [0.15, 0.2) is 5.78 Å². The van der Waals surface area contributed by atoms with Gasteiger partial charge in [-0.1, -0.05) is 69.0 Å². The van der Waals surface area contributed by atoms with Crippen LogP contribution in [0.2, 0.25) is 0 Å². The van der Waals surface area contributed by atoms with Crippen LogP contribution < -0.4 is 0 Å². The van der Waals surface area contributed by atoms with Crippen LogP contribution in [0.1, 0.15) is 51.0 Å². The molecule has 0 bridgehead atoms. The molecule has 0 unspecified atom stereocenters. The number of rotatable bonds is 6. The van der Waals surface area contributed by atoms with Crippen LogP contribution in [-0.4, -0.2) is 5.78 Å². The van der Waals surface area contributed by atoms with Crippen LogP contribution in [0.15, 0.2) is 36.4 Å². The first-order valence-corrected chi connectivity index (χ1v) is 7.11. The summed E-state index contributed by atoms with van der Waals surface area (Å²) < 4.78 is 0. The van der Waals surface area contributed by atoms with Crippen molar-refractivity contribution >= 4 is 11.4 Å². The molecule has 18 heavy (non-hydrogen) atoms. The van der Waals surface area contributed by atoms with E-state index in [9.17, 15) is 4.79 Å². The first-order valence-electron chi connectivity index (χ1n) is 7.11. The van der Waals surface area contributed by atoms with Gasteiger partial charge in [0.05, 0.1) is 0 Å². The van der Waals surface area contributed by atoms with E-state index in [4.69, 9.17) is 0 Å². The number of unbranched alkanes of at least 4 members (excludes halogenated alkanes) is 3. The molecule has 0 aromatic heterocycles. The summed E-state index contributed by atoms with van der Waals surface area (Å²) in [4.78, 5) is 12.0. The molecular weight excluding hydrogens is 220 g/mol. The zero-order chi connectivity index (χ0) is 12.8. The summed E-state index contributed by atoms with van der Waals surface area (Å²) >= 11 is 0. The van der Waals surface area contributed by atoms with Crippen LogP contribution in [-0.2, 0) is 4.79 Å². The maximum Gasteiger partial charge on any atom is 0.163 e. The molecule has 1 aromatic carbocycles. The van der Waals surface area contributed by atoms with Crippen molar-refractivity contribution in [2.45, 2.75) is 45.4 Å². The van der Waals surface area contributed by atoms with Gasteiger partial charge in [-0.3, -0.25) is 4.79 Å². The molecule has 0 heterocycles. The topological polar surface area (TPSA) is 17.1 Å². The monoisotopic (exact) mass is 242 g/mol. The average molecular weight is 242 g/mol. The average Bonchev–Trinajstić information content (AvgIpc) is 2.77. The Hall–Kier alpha value is -1.37. The summed E-state index contributed by atoms with van der Waals surface area (Å²) in [5, 5.41) is 0. The van der Waals surface area contributed by atoms with Gasteiger partial charge in [-0.25, -0.2) is 0 Å². The lowest BCUT2D eigenvalue weighted by Crippen LogP contribution is -1.98. The normalized spacial score (nSPS) is 19.1. The van der Waals surface area contributed by atoms with Crippen molar-refractivity contribution in [1.82, 2.24) is 0 Å². The van der Waals surface area contributed by atoms with Gasteiger partial charge in [0.25, 0.3) is 0 Å². The maximum atomic E-state index is 12.0. The Kier molecular flexibility index (Phi) is 4.74. The molecule has 1 aliphatic rings. The van der Waals surface area contributed by atoms with Crippen LogP contribution in [0.25, 0.3) is 5.57 Å². The molecule has 1 atom stereocenters. The molecule has 1 nitrogen and oxygen atoms in total. The van der Waals surface area contributed by atoms with Gasteiger partial charge in [0, 0.05) is 12.0 Å². The summed E-state index contributed by atoms with van der Waals surface area (Å²) in [5.74, 6) is 0.797. The number of ketones is 1. The highest BCUT2D eigenvalue weighted by atomic mass is 16.1. The van der Waals surface area contributed by atoms with Crippen molar-refractivity contribution in [3.05, 3.63) is 42.0 Å². The lowest BCUT2D eigenvalue weighted by molar-refractivity contribution is -0.113. The molecular formula is C17H22O. The van der Waals surface area contributed by atoms with E-state index >= 15 is 0 Å². The number of Topliss-reactive ketones (excluding diaryl/α,β-unsaturated/α-hetero) is 1. The Morgan fingerprint density at radius 2 is 1.89 bits per heavy atom. The van der Waals surface area contributed by atoms with Crippen LogP contribution in [0.4, 0.5) is 0 Å². The number of allylic oxidation sites excluding steroid dienone is 2. The molecule has 2 rings (SSSR count). The minimum Gasteiger partial charge on any atom is -0.294 e. The predicted octanol–water partition coefficient (Wildman–Crippen LogP) is 4.63. The zero-order valence-corrected chi connectivity index (χ0v) is 11.2. The summed E-state index contributed by atoms with van der Waals surface area (Å²) in [6.07, 6.45) is 9.23. The summed E-state index contributed by atoms with van der Waals surface area (Å²) in [7, 11) is 0. The lowest BCUT2D eigenvalue weighted by atomic mass is 10.0. The van der Waals surface area contributed by atoms with E-state index in [2.05, 4.69) is 13.0 Å². The fraction of sp³-hybridized carbons (Fsp3) is 0.471. The lowest BCUT2D eigenvalue weighted by Gasteiger charge is -2.04. The molecule has 0 radical (unpaired) electrons. The highest BCUT2D eigenvalue weighted by Crippen LogP contribution is 2.31. The van der Waals surface area contributed by atoms with Gasteiger partial charge < -0.3 is 0 Å². The number of hydrogen-bond acceptors (Lipinski definition) is 1. The molecule has 1 aromatic rings. The second-order valence-corrected chi connectivity index (χ2v) is 5.18. The van der Waals surface area contributed by atoms with Crippen molar-refractivity contribution in [2.24, 2.45) is 5.92 Å². The van der Waals surface area contributed by atoms with E-state index in [0.29, 0.717) is 11.7 Å². The van der Waals surface area contributed by atoms with Crippen molar-refractivity contribution < 1.29 is 4.79 Å². The zero-order valence-electron chi connectivity index (χ0n) is 11.2. The van der Waals surface area contributed by atoms with Crippen molar-refractivity contribution in [3.8, 4) is 0 Å². The number of benzene rings is 1. The van der Waals surface area contributed by atoms with E-state index in [-0.39, 0.29) is 0 Å². The fourth-order valence-corrected chi connectivity index (χ4v) is 2.63. The Labute approximate surface area is 110 Å². The fourth-order valence-electron chi connectivity index (χ4n) is 2.63. The standard InChI is InChI=1S/C17H22O/c1-2-3-4-6-9-14-12-16(17(18)13-14)15-10-7-5-8-11-15/h5,7-8,10-12,14H,2-4,6,9,13H2,1H3/t14-/m0/s1. The number of hydrogen-bond donors (Lipinski definition) is 0. The summed E-state index contributed by atoms with van der Waals surface area (Å²) in [6.45, 7) is 2.23. The highest BCUT2D eigenvalue weighted by molar-refractivity contribution is 6.22. The molecule has 0 N–H and O–H groups in total. The molecule has 0 saturated heterocycles. The predicted molar refractivity (Wildman–Crippen MR) is 76.3 cm³/mol. The summed E-state index contributed by atoms with van der Waals surface area (Å²) in [6, 6.07) is 10.0. The molecule has 0 aliphatic heterocycles. The Balaban J connectivity index is 1.93. The van der Waals surface area contributed by atoms with E-state index < -0.39 is 0 Å². The van der Waals surface area contributed by atoms with Gasteiger partial charge in [0.1, 0.15) is 0 Å². The molecule has 0 fully saturated rings. The van der Waals surface area contributed by atoms with Gasteiger partial charge in [-0.15, -0.1) is 0 Å². The largest absolute Gasteiger partial charge is 0.294 e. The number of carbonyl (C=O) groups is 1. The molecule has 0 saturated carbocycles. The molecule has 1 heteroatoms. The minimum absolute atomic E-state index is 0.321. The van der Waals surface area contributed by atoms with Crippen molar-refractivity contribution in [2.75, 3.05) is 0 Å². The van der Waals surface area contributed by atoms with Gasteiger partial charge in [-0.05, 0) is 17.9 Å². The summed E-state index contributed by atoms with van der Waals surface area (Å²) in [5.41, 5.74) is 2.02. The molecule has 0 spiro atoms. The van der Waals surface area contributed by atoms with Crippen molar-refractivity contribution in [1.29, 1.82) is 0 Å². The van der Waals surface area contributed by atoms with Gasteiger partial charge in [-0.2, -0.15) is 0 Å². The minimum atomic E-state index is 0.321. The first kappa shape index (κ1) is 13.1. The van der Waals surface area contributed by atoms with E-state index in [1.165, 1.54) is 32.1 Å². The van der Waals surface area contributed by atoms with Crippen LogP contribution in [0, 0.1) is 5.92 Å². The molecule has 1 aliphatic carbocycles. The van der Waals surface area contributed by atoms with Crippen LogP contribution in [0.3, 0.4) is 0 Å². The third-order valence-corrected chi connectivity index (χ3v) is 3.66. The SMILES string of the molecule is CCCCCC[C@H]1C=C(c2ccccc2)C(=O)C1. The van der Waals surface area contributed by atoms with Crippen molar-refractivity contribution in [3.63, 3.8) is 0 Å². The smallest absolute Gasteiger partial charge is 0.163 e. The Morgan fingerprint density at radius 1 is 1.11 bits per heavy atom. The molecule has 96 valence electrons. The highest BCUT2D eigenvalue weighted by Gasteiger charge is 2.24. The Bertz CT molecular complexity index is 416. The van der Waals surface area contributed by atoms with Gasteiger partial charge in [0.2, 0.25) is 0 Å². The Morgan fingerprint density at radius 3 is 2.61 bits per heavy atom. The van der Waals surface area contributed by atoms with E-state index in [0.717, 1.165) is 17.6 Å². The molecule has 0 amide bonds. The quantitative estimate of drug-likeness (QED) is 0.665. The van der Waals surface area contributed by atoms with E-state index in [1.54, 1.807) is 0 Å². The number of carbonyl (C=O) groups excluding carboxylic acids is 1. The second-order valence-electron chi connectivity index (χ2n) is 5.18. The maximum absolute atomic E-state index is 12.0. The third-order valence-electron chi connectivity index (χ3n) is 3.66. The third kappa shape index (κ3) is 3.32. The van der Waals surface area contributed by atoms with Crippen LogP contribution in [0.5, 0.6) is 0 Å². The van der Waals surface area contributed by atoms with Crippen LogP contribution >= 0.6 is 0 Å².